The van der Waals surface area contributed by atoms with E-state index in [4.69, 9.17) is 9.98 Å². The number of rotatable bonds is 4. The third-order valence-electron chi connectivity index (χ3n) is 7.02. The van der Waals surface area contributed by atoms with E-state index in [1.807, 2.05) is 73.1 Å². The number of hydrogen-bond donors (Lipinski definition) is 0. The molecule has 4 heteroatoms. The van der Waals surface area contributed by atoms with Gasteiger partial charge in [0.15, 0.2) is 0 Å². The van der Waals surface area contributed by atoms with Gasteiger partial charge in [-0.25, -0.2) is 9.98 Å². The number of fused-ring (bicyclic) bond motifs is 2. The minimum Gasteiger partial charge on any atom is -0.256 e. The Hall–Kier alpha value is -5.48. The summed E-state index contributed by atoms with van der Waals surface area (Å²) in [6.07, 6.45) is 3.63. The molecule has 0 aliphatic carbocycles. The predicted molar refractivity (Wildman–Crippen MR) is 163 cm³/mol. The first-order valence-corrected chi connectivity index (χ1v) is 13.2. The lowest BCUT2D eigenvalue weighted by Crippen LogP contribution is -2.10. The van der Waals surface area contributed by atoms with Crippen molar-refractivity contribution >= 4 is 22.8 Å². The molecule has 7 rings (SSSR count). The molecule has 1 aliphatic rings. The zero-order valence-electron chi connectivity index (χ0n) is 21.6. The van der Waals surface area contributed by atoms with E-state index in [-0.39, 0.29) is 0 Å². The van der Waals surface area contributed by atoms with Gasteiger partial charge in [0.2, 0.25) is 0 Å². The Morgan fingerprint density at radius 1 is 0.325 bits per heavy atom. The molecule has 0 atom stereocenters. The molecule has 0 fully saturated rings. The molecule has 1 aliphatic heterocycles. The molecule has 4 nitrogen and oxygen atoms in total. The number of benzene rings is 4. The number of aliphatic imine (C=N–C) groups is 2. The summed E-state index contributed by atoms with van der Waals surface area (Å²) >= 11 is 0. The Morgan fingerprint density at radius 3 is 1.10 bits per heavy atom. The quantitative estimate of drug-likeness (QED) is 0.237. The van der Waals surface area contributed by atoms with E-state index < -0.39 is 0 Å². The molecule has 0 saturated heterocycles. The monoisotopic (exact) mass is 512 g/mol. The fourth-order valence-electron chi connectivity index (χ4n) is 5.01. The molecule has 0 saturated carbocycles. The maximum Gasteiger partial charge on any atom is 0.0803 e. The zero-order chi connectivity index (χ0) is 26.7. The summed E-state index contributed by atoms with van der Waals surface area (Å²) in [5, 5.41) is 0. The van der Waals surface area contributed by atoms with Crippen LogP contribution in [0.3, 0.4) is 0 Å². The van der Waals surface area contributed by atoms with Crippen LogP contribution in [0.5, 0.6) is 0 Å². The third kappa shape index (κ3) is 4.52. The Kier molecular flexibility index (Phi) is 6.11. The number of aromatic nitrogens is 2. The van der Waals surface area contributed by atoms with Gasteiger partial charge in [-0.15, -0.1) is 0 Å². The third-order valence-corrected chi connectivity index (χ3v) is 7.02. The lowest BCUT2D eigenvalue weighted by Gasteiger charge is -2.18. The first-order valence-electron chi connectivity index (χ1n) is 13.2. The van der Waals surface area contributed by atoms with Crippen molar-refractivity contribution in [3.05, 3.63) is 168 Å². The standard InChI is InChI=1S/C36H24N4/c1-3-13-33-29(9-1)35(27-19-15-25(16-20-27)31-11-5-7-23-37-31)40-34-14-4-2-10-30(34)36(39-33)28-21-17-26(18-22-28)32-12-6-8-24-38-32/h1-24H. The molecule has 3 heterocycles. The van der Waals surface area contributed by atoms with Crippen LogP contribution in [0.2, 0.25) is 0 Å². The van der Waals surface area contributed by atoms with Crippen LogP contribution in [0.15, 0.2) is 156 Å². The number of pyridine rings is 2. The van der Waals surface area contributed by atoms with Gasteiger partial charge in [0.05, 0.1) is 34.2 Å². The van der Waals surface area contributed by atoms with E-state index >= 15 is 0 Å². The van der Waals surface area contributed by atoms with Crippen LogP contribution in [0.25, 0.3) is 22.5 Å². The van der Waals surface area contributed by atoms with Gasteiger partial charge in [-0.05, 0) is 36.4 Å². The molecular weight excluding hydrogens is 488 g/mol. The van der Waals surface area contributed by atoms with Crippen LogP contribution in [-0.4, -0.2) is 21.4 Å². The molecule has 0 N–H and O–H groups in total. The normalized spacial score (nSPS) is 12.3. The van der Waals surface area contributed by atoms with Crippen molar-refractivity contribution in [1.29, 1.82) is 0 Å². The topological polar surface area (TPSA) is 50.5 Å². The second-order valence-corrected chi connectivity index (χ2v) is 9.54. The molecule has 6 aromatic rings. The fourth-order valence-corrected chi connectivity index (χ4v) is 5.01. The molecular formula is C36H24N4. The summed E-state index contributed by atoms with van der Waals surface area (Å²) in [4.78, 5) is 19.5. The Bertz CT molecular complexity index is 1710. The highest BCUT2D eigenvalue weighted by atomic mass is 14.8. The first kappa shape index (κ1) is 23.6. The van der Waals surface area contributed by atoms with Crippen molar-refractivity contribution in [3.63, 3.8) is 0 Å². The van der Waals surface area contributed by atoms with Gasteiger partial charge < -0.3 is 0 Å². The van der Waals surface area contributed by atoms with Crippen LogP contribution in [0, 0.1) is 0 Å². The summed E-state index contributed by atoms with van der Waals surface area (Å²) in [5.41, 5.74) is 11.6. The van der Waals surface area contributed by atoms with Gasteiger partial charge in [-0.2, -0.15) is 0 Å². The molecule has 2 aromatic heterocycles. The second kappa shape index (κ2) is 10.4. The highest BCUT2D eigenvalue weighted by molar-refractivity contribution is 6.22. The largest absolute Gasteiger partial charge is 0.256 e. The highest BCUT2D eigenvalue weighted by Crippen LogP contribution is 2.34. The van der Waals surface area contributed by atoms with E-state index in [0.29, 0.717) is 0 Å². The number of para-hydroxylation sites is 2. The zero-order valence-corrected chi connectivity index (χ0v) is 21.6. The summed E-state index contributed by atoms with van der Waals surface area (Å²) in [6, 6.07) is 45.2. The van der Waals surface area contributed by atoms with Crippen LogP contribution in [0.4, 0.5) is 11.4 Å². The molecule has 0 radical (unpaired) electrons. The van der Waals surface area contributed by atoms with Crippen molar-refractivity contribution in [1.82, 2.24) is 9.97 Å². The van der Waals surface area contributed by atoms with Gasteiger partial charge in [-0.1, -0.05) is 97.1 Å². The van der Waals surface area contributed by atoms with Crippen LogP contribution >= 0.6 is 0 Å². The number of hydrogen-bond acceptors (Lipinski definition) is 4. The van der Waals surface area contributed by atoms with Crippen molar-refractivity contribution in [3.8, 4) is 22.5 Å². The van der Waals surface area contributed by atoms with Gasteiger partial charge in [-0.3, -0.25) is 9.97 Å². The van der Waals surface area contributed by atoms with Gasteiger partial charge in [0, 0.05) is 45.8 Å². The molecule has 0 unspecified atom stereocenters. The fraction of sp³-hybridized carbons (Fsp3) is 0. The second-order valence-electron chi connectivity index (χ2n) is 9.54. The van der Waals surface area contributed by atoms with E-state index in [1.165, 1.54) is 0 Å². The van der Waals surface area contributed by atoms with Crippen molar-refractivity contribution < 1.29 is 0 Å². The SMILES string of the molecule is c1ccc(-c2ccc(C3=Nc4ccccc4C(c4ccc(-c5ccccn5)cc4)=Nc4ccccc43)cc2)nc1. The molecule has 0 bridgehead atoms. The van der Waals surface area contributed by atoms with Crippen LogP contribution in [0.1, 0.15) is 22.3 Å². The molecule has 0 amide bonds. The Balaban J connectivity index is 1.34. The lowest BCUT2D eigenvalue weighted by atomic mass is 9.95. The van der Waals surface area contributed by atoms with E-state index in [9.17, 15) is 0 Å². The lowest BCUT2D eigenvalue weighted by molar-refractivity contribution is 1.32. The molecule has 0 spiro atoms. The first-order chi connectivity index (χ1) is 19.8. The maximum absolute atomic E-state index is 5.26. The molecule has 4 aromatic carbocycles. The summed E-state index contributed by atoms with van der Waals surface area (Å²) < 4.78 is 0. The van der Waals surface area contributed by atoms with Crippen molar-refractivity contribution in [2.75, 3.05) is 0 Å². The molecule has 40 heavy (non-hydrogen) atoms. The minimum atomic E-state index is 0.883. The smallest absolute Gasteiger partial charge is 0.0803 e. The van der Waals surface area contributed by atoms with E-state index in [1.54, 1.807) is 0 Å². The average Bonchev–Trinajstić information content (AvgIpc) is 3.03. The Morgan fingerprint density at radius 2 is 0.700 bits per heavy atom. The average molecular weight is 513 g/mol. The summed E-state index contributed by atoms with van der Waals surface area (Å²) in [5.74, 6) is 0. The minimum absolute atomic E-state index is 0.883. The van der Waals surface area contributed by atoms with Gasteiger partial charge in [0.25, 0.3) is 0 Å². The van der Waals surface area contributed by atoms with Crippen LogP contribution in [-0.2, 0) is 0 Å². The summed E-state index contributed by atoms with van der Waals surface area (Å²) in [7, 11) is 0. The molecule has 188 valence electrons. The van der Waals surface area contributed by atoms with Gasteiger partial charge >= 0.3 is 0 Å². The van der Waals surface area contributed by atoms with Gasteiger partial charge in [0.1, 0.15) is 0 Å². The van der Waals surface area contributed by atoms with E-state index in [0.717, 1.165) is 67.6 Å². The van der Waals surface area contributed by atoms with Crippen molar-refractivity contribution in [2.24, 2.45) is 9.98 Å². The van der Waals surface area contributed by atoms with Crippen LogP contribution < -0.4 is 0 Å². The Labute approximate surface area is 233 Å². The van der Waals surface area contributed by atoms with Crippen molar-refractivity contribution in [2.45, 2.75) is 0 Å². The highest BCUT2D eigenvalue weighted by Gasteiger charge is 2.20. The predicted octanol–water partition coefficient (Wildman–Crippen LogP) is 8.46. The summed E-state index contributed by atoms with van der Waals surface area (Å²) in [6.45, 7) is 0. The van der Waals surface area contributed by atoms with E-state index in [2.05, 4.69) is 82.8 Å². The maximum atomic E-state index is 5.26. The number of nitrogens with zero attached hydrogens (tertiary/aromatic N) is 4.